The van der Waals surface area contributed by atoms with Crippen LogP contribution in [0.1, 0.15) is 31.9 Å². The highest BCUT2D eigenvalue weighted by atomic mass is 16.6. The molecule has 1 unspecified atom stereocenters. The second-order valence-electron chi connectivity index (χ2n) is 6.67. The zero-order valence-electron chi connectivity index (χ0n) is 15.7. The van der Waals surface area contributed by atoms with Gasteiger partial charge in [-0.05, 0) is 25.3 Å². The SMILES string of the molecule is CCCc1cc(N2CCCC2COC)nc(Nc2cccc([N+](=O)[O-])c2)n1. The van der Waals surface area contributed by atoms with Crippen molar-refractivity contribution in [3.05, 3.63) is 46.1 Å². The molecule has 1 aliphatic heterocycles. The summed E-state index contributed by atoms with van der Waals surface area (Å²) in [6.07, 6.45) is 4.01. The van der Waals surface area contributed by atoms with Gasteiger partial charge >= 0.3 is 0 Å². The van der Waals surface area contributed by atoms with Crippen LogP contribution in [0.25, 0.3) is 0 Å². The molecule has 0 spiro atoms. The Morgan fingerprint density at radius 2 is 2.22 bits per heavy atom. The fourth-order valence-electron chi connectivity index (χ4n) is 3.40. The van der Waals surface area contributed by atoms with Gasteiger partial charge in [-0.1, -0.05) is 19.4 Å². The third-order valence-electron chi connectivity index (χ3n) is 4.62. The van der Waals surface area contributed by atoms with Crippen LogP contribution >= 0.6 is 0 Å². The summed E-state index contributed by atoms with van der Waals surface area (Å²) in [5, 5.41) is 14.1. The van der Waals surface area contributed by atoms with E-state index in [0.29, 0.717) is 24.3 Å². The Hall–Kier alpha value is -2.74. The van der Waals surface area contributed by atoms with E-state index >= 15 is 0 Å². The minimum atomic E-state index is -0.412. The third-order valence-corrected chi connectivity index (χ3v) is 4.62. The molecule has 0 radical (unpaired) electrons. The number of non-ortho nitro benzene ring substituents is 1. The number of nitrogens with one attached hydrogen (secondary N) is 1. The topological polar surface area (TPSA) is 93.4 Å². The van der Waals surface area contributed by atoms with Gasteiger partial charge in [-0.25, -0.2) is 4.98 Å². The van der Waals surface area contributed by atoms with Gasteiger partial charge in [-0.2, -0.15) is 4.98 Å². The van der Waals surface area contributed by atoms with Gasteiger partial charge in [0.15, 0.2) is 0 Å². The number of benzene rings is 1. The van der Waals surface area contributed by atoms with Gasteiger partial charge in [0.05, 0.1) is 17.6 Å². The summed E-state index contributed by atoms with van der Waals surface area (Å²) >= 11 is 0. The monoisotopic (exact) mass is 371 g/mol. The lowest BCUT2D eigenvalue weighted by molar-refractivity contribution is -0.384. The first kappa shape index (κ1) is 19.0. The first-order valence-electron chi connectivity index (χ1n) is 9.25. The van der Waals surface area contributed by atoms with E-state index in [4.69, 9.17) is 4.74 Å². The van der Waals surface area contributed by atoms with Crippen LogP contribution in [0, 0.1) is 10.1 Å². The van der Waals surface area contributed by atoms with Crippen molar-refractivity contribution >= 4 is 23.1 Å². The van der Waals surface area contributed by atoms with Crippen molar-refractivity contribution in [3.63, 3.8) is 0 Å². The summed E-state index contributed by atoms with van der Waals surface area (Å²) < 4.78 is 5.35. The molecule has 144 valence electrons. The van der Waals surface area contributed by atoms with Crippen LogP contribution in [0.15, 0.2) is 30.3 Å². The lowest BCUT2D eigenvalue weighted by atomic mass is 10.2. The molecule has 0 aliphatic carbocycles. The van der Waals surface area contributed by atoms with Crippen molar-refractivity contribution in [2.45, 2.75) is 38.6 Å². The molecule has 0 saturated carbocycles. The molecule has 2 heterocycles. The number of anilines is 3. The maximum absolute atomic E-state index is 11.0. The normalized spacial score (nSPS) is 16.5. The van der Waals surface area contributed by atoms with Crippen molar-refractivity contribution in [2.75, 3.05) is 30.5 Å². The molecule has 1 aromatic heterocycles. The van der Waals surface area contributed by atoms with E-state index in [9.17, 15) is 10.1 Å². The molecule has 8 heteroatoms. The van der Waals surface area contributed by atoms with Gasteiger partial charge in [-0.3, -0.25) is 10.1 Å². The molecule has 8 nitrogen and oxygen atoms in total. The Morgan fingerprint density at radius 1 is 1.37 bits per heavy atom. The average Bonchev–Trinajstić information content (AvgIpc) is 3.11. The Morgan fingerprint density at radius 3 is 2.96 bits per heavy atom. The maximum Gasteiger partial charge on any atom is 0.271 e. The highest BCUT2D eigenvalue weighted by molar-refractivity contribution is 5.59. The lowest BCUT2D eigenvalue weighted by Crippen LogP contribution is -2.33. The number of nitrogens with zero attached hydrogens (tertiary/aromatic N) is 4. The predicted octanol–water partition coefficient (Wildman–Crippen LogP) is 3.70. The van der Waals surface area contributed by atoms with Gasteiger partial charge < -0.3 is 15.0 Å². The van der Waals surface area contributed by atoms with Crippen LogP contribution in [0.2, 0.25) is 0 Å². The number of aromatic nitrogens is 2. The van der Waals surface area contributed by atoms with Crippen LogP contribution in [-0.4, -0.2) is 41.2 Å². The number of hydrogen-bond donors (Lipinski definition) is 1. The summed E-state index contributed by atoms with van der Waals surface area (Å²) in [7, 11) is 1.72. The molecule has 1 N–H and O–H groups in total. The van der Waals surface area contributed by atoms with Crippen LogP contribution < -0.4 is 10.2 Å². The van der Waals surface area contributed by atoms with Gasteiger partial charge in [0.1, 0.15) is 5.82 Å². The zero-order chi connectivity index (χ0) is 19.2. The lowest BCUT2D eigenvalue weighted by Gasteiger charge is -2.26. The van der Waals surface area contributed by atoms with Crippen molar-refractivity contribution in [3.8, 4) is 0 Å². The van der Waals surface area contributed by atoms with Gasteiger partial charge in [0, 0.05) is 43.2 Å². The predicted molar refractivity (Wildman–Crippen MR) is 105 cm³/mol. The Labute approximate surface area is 158 Å². The summed E-state index contributed by atoms with van der Waals surface area (Å²) in [6.45, 7) is 3.71. The van der Waals surface area contributed by atoms with Gasteiger partial charge in [-0.15, -0.1) is 0 Å². The van der Waals surface area contributed by atoms with E-state index in [1.807, 2.05) is 6.07 Å². The van der Waals surface area contributed by atoms with Crippen molar-refractivity contribution in [1.29, 1.82) is 0 Å². The second-order valence-corrected chi connectivity index (χ2v) is 6.67. The second kappa shape index (κ2) is 8.77. The van der Waals surface area contributed by atoms with Crippen LogP contribution in [0.3, 0.4) is 0 Å². The number of rotatable bonds is 8. The van der Waals surface area contributed by atoms with E-state index in [1.54, 1.807) is 19.2 Å². The smallest absolute Gasteiger partial charge is 0.271 e. The van der Waals surface area contributed by atoms with E-state index < -0.39 is 4.92 Å². The first-order valence-corrected chi connectivity index (χ1v) is 9.25. The Balaban J connectivity index is 1.89. The Bertz CT molecular complexity index is 799. The summed E-state index contributed by atoms with van der Waals surface area (Å²) in [5.74, 6) is 1.33. The van der Waals surface area contributed by atoms with E-state index in [0.717, 1.165) is 43.7 Å². The molecule has 1 aromatic carbocycles. The molecule has 1 aliphatic rings. The molecular weight excluding hydrogens is 346 g/mol. The van der Waals surface area contributed by atoms with Crippen LogP contribution in [-0.2, 0) is 11.2 Å². The molecule has 0 bridgehead atoms. The van der Waals surface area contributed by atoms with Crippen molar-refractivity contribution in [2.24, 2.45) is 0 Å². The van der Waals surface area contributed by atoms with E-state index in [2.05, 4.69) is 27.1 Å². The largest absolute Gasteiger partial charge is 0.383 e. The van der Waals surface area contributed by atoms with Crippen molar-refractivity contribution < 1.29 is 9.66 Å². The van der Waals surface area contributed by atoms with Crippen molar-refractivity contribution in [1.82, 2.24) is 9.97 Å². The molecule has 27 heavy (non-hydrogen) atoms. The summed E-state index contributed by atoms with van der Waals surface area (Å²) in [6, 6.07) is 8.71. The highest BCUT2D eigenvalue weighted by Gasteiger charge is 2.26. The molecule has 0 amide bonds. The molecule has 2 aromatic rings. The minimum Gasteiger partial charge on any atom is -0.383 e. The number of methoxy groups -OCH3 is 1. The first-order chi connectivity index (χ1) is 13.1. The van der Waals surface area contributed by atoms with Gasteiger partial charge in [0.25, 0.3) is 5.69 Å². The fraction of sp³-hybridized carbons (Fsp3) is 0.474. The molecular formula is C19H25N5O3. The maximum atomic E-state index is 11.0. The van der Waals surface area contributed by atoms with Crippen LogP contribution in [0.4, 0.5) is 23.1 Å². The number of aryl methyl sites for hydroxylation is 1. The Kier molecular flexibility index (Phi) is 6.18. The molecule has 1 fully saturated rings. The molecule has 1 atom stereocenters. The van der Waals surface area contributed by atoms with E-state index in [1.165, 1.54) is 12.1 Å². The number of hydrogen-bond acceptors (Lipinski definition) is 7. The zero-order valence-corrected chi connectivity index (χ0v) is 15.7. The minimum absolute atomic E-state index is 0.0321. The fourth-order valence-corrected chi connectivity index (χ4v) is 3.40. The molecule has 3 rings (SSSR count). The van der Waals surface area contributed by atoms with E-state index in [-0.39, 0.29) is 5.69 Å². The number of nitro groups is 1. The highest BCUT2D eigenvalue weighted by Crippen LogP contribution is 2.27. The number of ether oxygens (including phenoxy) is 1. The van der Waals surface area contributed by atoms with Gasteiger partial charge in [0.2, 0.25) is 5.95 Å². The molecule has 1 saturated heterocycles. The standard InChI is InChI=1S/C19H25N5O3/c1-3-6-14-12-18(23-10-5-9-17(23)13-27-2)22-19(20-14)21-15-7-4-8-16(11-15)24(25)26/h4,7-8,11-12,17H,3,5-6,9-10,13H2,1-2H3,(H,20,21,22). The van der Waals surface area contributed by atoms with Crippen LogP contribution in [0.5, 0.6) is 0 Å². The summed E-state index contributed by atoms with van der Waals surface area (Å²) in [5.41, 5.74) is 1.58. The average molecular weight is 371 g/mol. The quantitative estimate of drug-likeness (QED) is 0.558. The third kappa shape index (κ3) is 4.71. The summed E-state index contributed by atoms with van der Waals surface area (Å²) in [4.78, 5) is 22.1. The number of nitro benzene ring substituents is 1.